The van der Waals surface area contributed by atoms with Gasteiger partial charge in [0.25, 0.3) is 10.0 Å². The minimum absolute atomic E-state index is 0.0344. The third-order valence-corrected chi connectivity index (χ3v) is 9.66. The van der Waals surface area contributed by atoms with Crippen molar-refractivity contribution in [1.82, 2.24) is 14.3 Å². The van der Waals surface area contributed by atoms with E-state index >= 15 is 0 Å². The van der Waals surface area contributed by atoms with Gasteiger partial charge in [-0.25, -0.2) is 8.42 Å². The molecule has 0 saturated carbocycles. The Labute approximate surface area is 257 Å². The molecule has 9 nitrogen and oxygen atoms in total. The third-order valence-electron chi connectivity index (χ3n) is 7.86. The first-order chi connectivity index (χ1) is 21.1. The van der Waals surface area contributed by atoms with Crippen LogP contribution >= 0.6 is 0 Å². The van der Waals surface area contributed by atoms with Gasteiger partial charge in [-0.1, -0.05) is 58.5 Å². The van der Waals surface area contributed by atoms with Crippen LogP contribution in [0.3, 0.4) is 0 Å². The van der Waals surface area contributed by atoms with Gasteiger partial charge < -0.3 is 9.64 Å². The van der Waals surface area contributed by atoms with Gasteiger partial charge >= 0.3 is 0 Å². The maximum Gasteiger partial charge on any atom is 0.260 e. The monoisotopic (exact) mass is 610 g/mol. The first-order valence-corrected chi connectivity index (χ1v) is 15.8. The number of likely N-dealkylation sites (tertiary alicyclic amines) is 1. The predicted molar refractivity (Wildman–Crippen MR) is 167 cm³/mol. The van der Waals surface area contributed by atoms with E-state index in [1.54, 1.807) is 47.4 Å². The number of aryl methyl sites for hydroxylation is 1. The Morgan fingerprint density at radius 1 is 1.00 bits per heavy atom. The van der Waals surface area contributed by atoms with E-state index in [9.17, 15) is 23.3 Å². The van der Waals surface area contributed by atoms with Crippen molar-refractivity contribution in [3.63, 3.8) is 0 Å². The number of carbonyl (C=O) groups excluding carboxylic acids is 2. The highest BCUT2D eigenvalue weighted by Gasteiger charge is 2.46. The van der Waals surface area contributed by atoms with E-state index < -0.39 is 27.9 Å². The van der Waals surface area contributed by atoms with Crippen LogP contribution < -0.4 is 4.74 Å². The fraction of sp³-hybridized carbons (Fsp3) is 0.265. The second-order valence-corrected chi connectivity index (χ2v) is 12.7. The number of ether oxygens (including phenoxy) is 1. The summed E-state index contributed by atoms with van der Waals surface area (Å²) in [7, 11) is -2.85. The van der Waals surface area contributed by atoms with Gasteiger partial charge in [-0.05, 0) is 78.1 Å². The minimum Gasteiger partial charge on any atom is -0.497 e. The molecule has 0 unspecified atom stereocenters. The molecule has 2 amide bonds. The van der Waals surface area contributed by atoms with Crippen molar-refractivity contribution in [3.8, 4) is 11.8 Å². The summed E-state index contributed by atoms with van der Waals surface area (Å²) < 4.78 is 35.3. The summed E-state index contributed by atoms with van der Waals surface area (Å²) in [5.74, 6) is -0.314. The molecule has 10 heteroatoms. The second kappa shape index (κ2) is 12.9. The van der Waals surface area contributed by atoms with Crippen LogP contribution in [0.2, 0.25) is 0 Å². The molecular formula is C34H34N4O5S. The molecule has 226 valence electrons. The fourth-order valence-corrected chi connectivity index (χ4v) is 7.21. The molecule has 1 saturated heterocycles. The Morgan fingerprint density at radius 3 is 2.45 bits per heavy atom. The number of carbonyl (C=O) groups is 2. The number of methoxy groups -OCH3 is 1. The molecule has 1 aliphatic rings. The lowest BCUT2D eigenvalue weighted by molar-refractivity contribution is -0.146. The van der Waals surface area contributed by atoms with Crippen molar-refractivity contribution in [2.45, 2.75) is 44.2 Å². The van der Waals surface area contributed by atoms with E-state index in [4.69, 9.17) is 4.74 Å². The molecule has 4 aromatic rings. The Kier molecular flexibility index (Phi) is 8.99. The van der Waals surface area contributed by atoms with Gasteiger partial charge in [-0.15, -0.1) is 0 Å². The van der Waals surface area contributed by atoms with Crippen LogP contribution in [0.4, 0.5) is 0 Å². The lowest BCUT2D eigenvalue weighted by Crippen LogP contribution is -2.56. The van der Waals surface area contributed by atoms with Crippen molar-refractivity contribution in [3.05, 3.63) is 107 Å². The van der Waals surface area contributed by atoms with E-state index in [2.05, 4.69) is 6.07 Å². The molecule has 4 aromatic carbocycles. The van der Waals surface area contributed by atoms with Gasteiger partial charge in [0, 0.05) is 26.6 Å². The number of nitrogens with zero attached hydrogens (tertiary/aromatic N) is 4. The number of hydrazine groups is 1. The van der Waals surface area contributed by atoms with Crippen molar-refractivity contribution >= 4 is 32.6 Å². The molecule has 1 atom stereocenters. The highest BCUT2D eigenvalue weighted by atomic mass is 32.2. The molecule has 1 fully saturated rings. The van der Waals surface area contributed by atoms with Crippen molar-refractivity contribution in [2.24, 2.45) is 0 Å². The second-order valence-electron chi connectivity index (χ2n) is 10.9. The highest BCUT2D eigenvalue weighted by molar-refractivity contribution is 7.89. The average Bonchev–Trinajstić information content (AvgIpc) is 3.37. The first kappa shape index (κ1) is 30.7. The summed E-state index contributed by atoms with van der Waals surface area (Å²) in [6, 6.07) is 25.9. The van der Waals surface area contributed by atoms with Gasteiger partial charge in [0.05, 0.1) is 23.6 Å². The molecule has 5 rings (SSSR count). The summed E-state index contributed by atoms with van der Waals surface area (Å²) in [5, 5.41) is 12.0. The summed E-state index contributed by atoms with van der Waals surface area (Å²) >= 11 is 0. The standard InChI is InChI=1S/C34H34N4O5S/c1-24-7-9-26(10-8-24)15-18-37(25(2)39)38(33-16-17-36(34(33)40)23-28-6-4-5-27(19-28)22-35)44(41,42)32-14-12-29-11-13-31(43-3)20-30(29)21-32/h4-14,19-21,33H,15-18,23H2,1-3H3/t33-/m0/s1. The molecule has 1 aliphatic heterocycles. The summed E-state index contributed by atoms with van der Waals surface area (Å²) in [6.45, 7) is 3.87. The molecule has 0 bridgehead atoms. The molecule has 1 heterocycles. The maximum absolute atomic E-state index is 14.5. The van der Waals surface area contributed by atoms with Crippen molar-refractivity contribution in [2.75, 3.05) is 20.2 Å². The van der Waals surface area contributed by atoms with Crippen LogP contribution in [0, 0.1) is 18.3 Å². The molecule has 0 radical (unpaired) electrons. The van der Waals surface area contributed by atoms with Gasteiger partial charge in [-0.3, -0.25) is 14.6 Å². The van der Waals surface area contributed by atoms with Crippen LogP contribution in [0.1, 0.15) is 35.6 Å². The summed E-state index contributed by atoms with van der Waals surface area (Å²) in [6.07, 6.45) is 0.595. The zero-order chi connectivity index (χ0) is 31.4. The van der Waals surface area contributed by atoms with Gasteiger partial charge in [0.15, 0.2) is 0 Å². The quantitative estimate of drug-likeness (QED) is 0.238. The van der Waals surface area contributed by atoms with E-state index in [1.165, 1.54) is 25.1 Å². The normalized spacial score (nSPS) is 15.0. The van der Waals surface area contributed by atoms with Crippen molar-refractivity contribution in [1.29, 1.82) is 5.26 Å². The van der Waals surface area contributed by atoms with Crippen LogP contribution in [-0.4, -0.2) is 60.8 Å². The molecule has 0 aliphatic carbocycles. The molecule has 0 N–H and O–H groups in total. The van der Waals surface area contributed by atoms with E-state index in [1.807, 2.05) is 43.3 Å². The number of amides is 2. The first-order valence-electron chi connectivity index (χ1n) is 14.3. The van der Waals surface area contributed by atoms with Gasteiger partial charge in [0.1, 0.15) is 11.8 Å². The summed E-state index contributed by atoms with van der Waals surface area (Å²) in [4.78, 5) is 28.6. The number of rotatable bonds is 10. The van der Waals surface area contributed by atoms with Gasteiger partial charge in [-0.2, -0.15) is 5.26 Å². The largest absolute Gasteiger partial charge is 0.497 e. The summed E-state index contributed by atoms with van der Waals surface area (Å²) in [5.41, 5.74) is 3.26. The zero-order valence-electron chi connectivity index (χ0n) is 24.9. The lowest BCUT2D eigenvalue weighted by Gasteiger charge is -2.36. The van der Waals surface area contributed by atoms with E-state index in [0.717, 1.165) is 26.5 Å². The van der Waals surface area contributed by atoms with Crippen LogP contribution in [0.15, 0.2) is 89.8 Å². The Balaban J connectivity index is 1.53. The number of nitriles is 1. The number of benzene rings is 4. The number of hydrogen-bond acceptors (Lipinski definition) is 6. The maximum atomic E-state index is 14.5. The zero-order valence-corrected chi connectivity index (χ0v) is 25.8. The number of sulfonamides is 1. The van der Waals surface area contributed by atoms with Crippen LogP contribution in [0.25, 0.3) is 10.8 Å². The average molecular weight is 611 g/mol. The fourth-order valence-electron chi connectivity index (χ4n) is 5.49. The molecule has 0 aromatic heterocycles. The Bertz CT molecular complexity index is 1850. The number of hydrogen-bond donors (Lipinski definition) is 0. The van der Waals surface area contributed by atoms with Gasteiger partial charge in [0.2, 0.25) is 11.8 Å². The SMILES string of the molecule is COc1ccc2ccc(S(=O)(=O)N([C@H]3CCN(Cc4cccc(C#N)c4)C3=O)N(CCc3ccc(C)cc3)C(C)=O)cc2c1. The third kappa shape index (κ3) is 6.44. The molecule has 0 spiro atoms. The Morgan fingerprint density at radius 2 is 1.75 bits per heavy atom. The lowest BCUT2D eigenvalue weighted by atomic mass is 10.1. The molecular weight excluding hydrogens is 576 g/mol. The highest BCUT2D eigenvalue weighted by Crippen LogP contribution is 2.31. The smallest absolute Gasteiger partial charge is 0.260 e. The van der Waals surface area contributed by atoms with Crippen LogP contribution in [-0.2, 0) is 32.6 Å². The van der Waals surface area contributed by atoms with E-state index in [-0.39, 0.29) is 24.4 Å². The van der Waals surface area contributed by atoms with Crippen molar-refractivity contribution < 1.29 is 22.7 Å². The molecule has 44 heavy (non-hydrogen) atoms. The Hall–Kier alpha value is -4.72. The topological polar surface area (TPSA) is 111 Å². The predicted octanol–water partition coefficient (Wildman–Crippen LogP) is 4.83. The minimum atomic E-state index is -4.38. The van der Waals surface area contributed by atoms with Crippen LogP contribution in [0.5, 0.6) is 5.75 Å². The van der Waals surface area contributed by atoms with E-state index in [0.29, 0.717) is 29.7 Å². The number of fused-ring (bicyclic) bond motifs is 1.